The van der Waals surface area contributed by atoms with Crippen LogP contribution < -0.4 is 5.73 Å². The number of carbonyl (C=O) groups is 1. The summed E-state index contributed by atoms with van der Waals surface area (Å²) in [6, 6.07) is 15.2. The number of rotatable bonds is 3. The summed E-state index contributed by atoms with van der Waals surface area (Å²) in [6.07, 6.45) is 5.24. The number of amides is 1. The predicted octanol–water partition coefficient (Wildman–Crippen LogP) is 2.64. The van der Waals surface area contributed by atoms with Gasteiger partial charge >= 0.3 is 0 Å². The van der Waals surface area contributed by atoms with E-state index in [1.807, 2.05) is 53.2 Å². The normalized spacial score (nSPS) is 10.4. The molecule has 4 nitrogen and oxygen atoms in total. The fraction of sp³-hybridized carbons (Fsp3) is 0. The summed E-state index contributed by atoms with van der Waals surface area (Å²) in [7, 11) is 0. The maximum Gasteiger partial charge on any atom is 0.249 e. The summed E-state index contributed by atoms with van der Waals surface area (Å²) in [6.45, 7) is 0. The molecule has 1 amide bonds. The Labute approximate surface area is 116 Å². The van der Waals surface area contributed by atoms with Gasteiger partial charge in [-0.05, 0) is 17.7 Å². The van der Waals surface area contributed by atoms with Gasteiger partial charge in [0.2, 0.25) is 5.91 Å². The Morgan fingerprint density at radius 3 is 2.50 bits per heavy atom. The van der Waals surface area contributed by atoms with Crippen molar-refractivity contribution in [3.63, 3.8) is 0 Å². The van der Waals surface area contributed by atoms with Crippen LogP contribution in [0.25, 0.3) is 16.8 Å². The van der Waals surface area contributed by atoms with E-state index in [0.717, 1.165) is 16.8 Å². The fourth-order valence-electron chi connectivity index (χ4n) is 2.27. The van der Waals surface area contributed by atoms with E-state index in [0.29, 0.717) is 5.56 Å². The fourth-order valence-corrected chi connectivity index (χ4v) is 2.27. The summed E-state index contributed by atoms with van der Waals surface area (Å²) in [5.74, 6) is -0.439. The Hall–Kier alpha value is -2.88. The lowest BCUT2D eigenvalue weighted by Gasteiger charge is -2.14. The first-order chi connectivity index (χ1) is 9.77. The molecule has 0 saturated heterocycles. The lowest BCUT2D eigenvalue weighted by molar-refractivity contribution is 0.100. The van der Waals surface area contributed by atoms with Crippen LogP contribution in [-0.2, 0) is 0 Å². The zero-order chi connectivity index (χ0) is 13.9. The number of nitrogens with two attached hydrogens (primary N) is 1. The molecule has 0 bridgehead atoms. The van der Waals surface area contributed by atoms with E-state index >= 15 is 0 Å². The van der Waals surface area contributed by atoms with Gasteiger partial charge in [0, 0.05) is 23.5 Å². The van der Waals surface area contributed by atoms with E-state index in [9.17, 15) is 4.79 Å². The third kappa shape index (κ3) is 2.07. The Morgan fingerprint density at radius 1 is 1.05 bits per heavy atom. The Balaban J connectivity index is 2.31. The van der Waals surface area contributed by atoms with Crippen LogP contribution in [0.4, 0.5) is 0 Å². The second kappa shape index (κ2) is 5.01. The first kappa shape index (κ1) is 12.2. The summed E-state index contributed by atoms with van der Waals surface area (Å²) >= 11 is 0. The third-order valence-electron chi connectivity index (χ3n) is 3.15. The molecule has 0 aliphatic heterocycles. The van der Waals surface area contributed by atoms with Crippen molar-refractivity contribution in [2.45, 2.75) is 0 Å². The lowest BCUT2D eigenvalue weighted by Crippen LogP contribution is -2.13. The smallest absolute Gasteiger partial charge is 0.249 e. The number of nitrogens with zero attached hydrogens (tertiary/aromatic N) is 2. The van der Waals surface area contributed by atoms with Crippen LogP contribution in [0.2, 0.25) is 0 Å². The highest BCUT2D eigenvalue weighted by Gasteiger charge is 2.15. The number of primary amides is 1. The van der Waals surface area contributed by atoms with Crippen molar-refractivity contribution in [3.05, 3.63) is 72.8 Å². The van der Waals surface area contributed by atoms with Crippen molar-refractivity contribution in [1.29, 1.82) is 0 Å². The molecule has 3 rings (SSSR count). The number of carbonyl (C=O) groups excluding carboxylic acids is 1. The number of imidazole rings is 1. The van der Waals surface area contributed by atoms with Crippen LogP contribution in [0.1, 0.15) is 10.4 Å². The number of hydrogen-bond donors (Lipinski definition) is 1. The monoisotopic (exact) mass is 263 g/mol. The van der Waals surface area contributed by atoms with Crippen LogP contribution in [0.3, 0.4) is 0 Å². The SMILES string of the molecule is NC(=O)c1cccc(-n2ccnc2)c1-c1ccccc1. The maximum absolute atomic E-state index is 11.7. The number of aromatic nitrogens is 2. The molecule has 0 radical (unpaired) electrons. The Bertz CT molecular complexity index is 734. The second-order valence-electron chi connectivity index (χ2n) is 4.40. The van der Waals surface area contributed by atoms with Gasteiger partial charge in [-0.15, -0.1) is 0 Å². The summed E-state index contributed by atoms with van der Waals surface area (Å²) in [4.78, 5) is 15.8. The highest BCUT2D eigenvalue weighted by Crippen LogP contribution is 2.30. The molecule has 0 aliphatic rings. The Morgan fingerprint density at radius 2 is 1.85 bits per heavy atom. The van der Waals surface area contributed by atoms with E-state index in [-0.39, 0.29) is 0 Å². The van der Waals surface area contributed by atoms with E-state index in [1.165, 1.54) is 0 Å². The van der Waals surface area contributed by atoms with Gasteiger partial charge in [-0.1, -0.05) is 36.4 Å². The van der Waals surface area contributed by atoms with E-state index in [4.69, 9.17) is 5.73 Å². The van der Waals surface area contributed by atoms with Gasteiger partial charge < -0.3 is 10.3 Å². The minimum absolute atomic E-state index is 0.439. The van der Waals surface area contributed by atoms with Gasteiger partial charge in [-0.25, -0.2) is 4.98 Å². The highest BCUT2D eigenvalue weighted by molar-refractivity contribution is 6.02. The van der Waals surface area contributed by atoms with Gasteiger partial charge in [-0.2, -0.15) is 0 Å². The molecule has 20 heavy (non-hydrogen) atoms. The average Bonchev–Trinajstić information content (AvgIpc) is 3.01. The molecule has 1 aromatic heterocycles. The van der Waals surface area contributed by atoms with Crippen molar-refractivity contribution in [1.82, 2.24) is 9.55 Å². The highest BCUT2D eigenvalue weighted by atomic mass is 16.1. The average molecular weight is 263 g/mol. The number of benzene rings is 2. The minimum Gasteiger partial charge on any atom is -0.366 e. The third-order valence-corrected chi connectivity index (χ3v) is 3.15. The largest absolute Gasteiger partial charge is 0.366 e. The van der Waals surface area contributed by atoms with Crippen LogP contribution in [-0.4, -0.2) is 15.5 Å². The second-order valence-corrected chi connectivity index (χ2v) is 4.40. The molecule has 0 unspecified atom stereocenters. The van der Waals surface area contributed by atoms with Gasteiger partial charge in [-0.3, -0.25) is 4.79 Å². The quantitative estimate of drug-likeness (QED) is 0.789. The van der Waals surface area contributed by atoms with Crippen LogP contribution in [0, 0.1) is 0 Å². The zero-order valence-electron chi connectivity index (χ0n) is 10.7. The molecule has 2 N–H and O–H groups in total. The zero-order valence-corrected chi connectivity index (χ0v) is 10.7. The molecule has 4 heteroatoms. The van der Waals surface area contributed by atoms with Crippen molar-refractivity contribution in [2.75, 3.05) is 0 Å². The number of hydrogen-bond acceptors (Lipinski definition) is 2. The molecule has 1 heterocycles. The summed E-state index contributed by atoms with van der Waals surface area (Å²) < 4.78 is 1.87. The minimum atomic E-state index is -0.439. The first-order valence-corrected chi connectivity index (χ1v) is 6.24. The van der Waals surface area contributed by atoms with Crippen molar-refractivity contribution in [2.24, 2.45) is 5.73 Å². The maximum atomic E-state index is 11.7. The topological polar surface area (TPSA) is 60.9 Å². The van der Waals surface area contributed by atoms with Crippen molar-refractivity contribution in [3.8, 4) is 16.8 Å². The van der Waals surface area contributed by atoms with Gasteiger partial charge in [0.05, 0.1) is 12.0 Å². The van der Waals surface area contributed by atoms with Crippen LogP contribution >= 0.6 is 0 Å². The van der Waals surface area contributed by atoms with Gasteiger partial charge in [0.15, 0.2) is 0 Å². The molecule has 3 aromatic rings. The molecule has 0 saturated carbocycles. The van der Waals surface area contributed by atoms with E-state index in [2.05, 4.69) is 4.98 Å². The first-order valence-electron chi connectivity index (χ1n) is 6.24. The summed E-state index contributed by atoms with van der Waals surface area (Å²) in [5.41, 5.74) is 8.66. The molecule has 0 aliphatic carbocycles. The molecule has 98 valence electrons. The lowest BCUT2D eigenvalue weighted by atomic mass is 9.97. The molecule has 0 spiro atoms. The Kier molecular flexibility index (Phi) is 3.05. The van der Waals surface area contributed by atoms with Crippen molar-refractivity contribution >= 4 is 5.91 Å². The van der Waals surface area contributed by atoms with E-state index in [1.54, 1.807) is 18.6 Å². The molecule has 2 aromatic carbocycles. The molecule has 0 atom stereocenters. The van der Waals surface area contributed by atoms with Gasteiger partial charge in [0.25, 0.3) is 0 Å². The summed E-state index contributed by atoms with van der Waals surface area (Å²) in [5, 5.41) is 0. The molecular formula is C16H13N3O. The van der Waals surface area contributed by atoms with Crippen LogP contribution in [0.5, 0.6) is 0 Å². The predicted molar refractivity (Wildman–Crippen MR) is 77.5 cm³/mol. The molecule has 0 fully saturated rings. The van der Waals surface area contributed by atoms with Gasteiger partial charge in [0.1, 0.15) is 0 Å². The van der Waals surface area contributed by atoms with E-state index < -0.39 is 5.91 Å². The van der Waals surface area contributed by atoms with Crippen LogP contribution in [0.15, 0.2) is 67.3 Å². The van der Waals surface area contributed by atoms with Crippen molar-refractivity contribution < 1.29 is 4.79 Å². The molecular weight excluding hydrogens is 250 g/mol. The standard InChI is InChI=1S/C16H13N3O/c17-16(20)13-7-4-8-14(19-10-9-18-11-19)15(13)12-5-2-1-3-6-12/h1-11H,(H2,17,20).